The average molecular weight is 312 g/mol. The zero-order valence-electron chi connectivity index (χ0n) is 7.03. The summed E-state index contributed by atoms with van der Waals surface area (Å²) in [6.45, 7) is 1.80. The summed E-state index contributed by atoms with van der Waals surface area (Å²) in [5.74, 6) is 0. The molecule has 0 saturated carbocycles. The Balaban J connectivity index is 3.02. The second-order valence-corrected chi connectivity index (χ2v) is 5.18. The molecule has 0 bridgehead atoms. The molecule has 13 heavy (non-hydrogen) atoms. The lowest BCUT2D eigenvalue weighted by Crippen LogP contribution is -2.05. The van der Waals surface area contributed by atoms with E-state index in [1.807, 2.05) is 0 Å². The smallest absolute Gasteiger partial charge is 0.267 e. The second-order valence-electron chi connectivity index (χ2n) is 2.31. The van der Waals surface area contributed by atoms with Crippen LogP contribution in [-0.2, 0) is 14.3 Å². The van der Waals surface area contributed by atoms with E-state index in [0.29, 0.717) is 0 Å². The van der Waals surface area contributed by atoms with Gasteiger partial charge in [0.2, 0.25) is 0 Å². The van der Waals surface area contributed by atoms with Gasteiger partial charge in [-0.2, -0.15) is 8.42 Å². The van der Waals surface area contributed by atoms with Crippen molar-refractivity contribution in [2.24, 2.45) is 0 Å². The number of hydrogen-bond donors (Lipinski definition) is 0. The summed E-state index contributed by atoms with van der Waals surface area (Å²) in [5, 5.41) is 0. The minimum absolute atomic E-state index is 0.161. The van der Waals surface area contributed by atoms with Crippen molar-refractivity contribution < 1.29 is 12.6 Å². The highest BCUT2D eigenvalue weighted by atomic mass is 127. The third kappa shape index (κ3) is 2.92. The average Bonchev–Trinajstić information content (AvgIpc) is 2.05. The van der Waals surface area contributed by atoms with Crippen molar-refractivity contribution in [3.05, 3.63) is 27.8 Å². The Morgan fingerprint density at radius 3 is 2.31 bits per heavy atom. The van der Waals surface area contributed by atoms with Crippen LogP contribution < -0.4 is 0 Å². The molecule has 72 valence electrons. The fourth-order valence-corrected chi connectivity index (χ4v) is 2.10. The first-order valence-corrected chi connectivity index (χ1v) is 6.20. The summed E-state index contributed by atoms with van der Waals surface area (Å²) < 4.78 is 28.3. The van der Waals surface area contributed by atoms with Crippen molar-refractivity contribution in [3.8, 4) is 0 Å². The van der Waals surface area contributed by atoms with Crippen LogP contribution in [0.25, 0.3) is 0 Å². The van der Waals surface area contributed by atoms with Gasteiger partial charge in [0, 0.05) is 3.57 Å². The lowest BCUT2D eigenvalue weighted by atomic mass is 10.4. The molecule has 0 amide bonds. The van der Waals surface area contributed by atoms with E-state index in [1.54, 1.807) is 19.1 Å². The molecule has 1 aromatic carbocycles. The van der Waals surface area contributed by atoms with Crippen molar-refractivity contribution in [2.45, 2.75) is 11.8 Å². The quantitative estimate of drug-likeness (QED) is 0.633. The summed E-state index contributed by atoms with van der Waals surface area (Å²) in [4.78, 5) is 0.203. The van der Waals surface area contributed by atoms with E-state index in [9.17, 15) is 8.42 Å². The first-order valence-electron chi connectivity index (χ1n) is 3.71. The van der Waals surface area contributed by atoms with Crippen molar-refractivity contribution in [3.63, 3.8) is 0 Å². The molecule has 0 unspecified atom stereocenters. The molecular weight excluding hydrogens is 303 g/mol. The molecule has 0 saturated heterocycles. The van der Waals surface area contributed by atoms with Gasteiger partial charge in [-0.1, -0.05) is 0 Å². The van der Waals surface area contributed by atoms with Crippen LogP contribution in [0.3, 0.4) is 0 Å². The molecule has 0 aliphatic heterocycles. The standard InChI is InChI=1S/C8H9IO3S/c1-2-12-13(10,11)8-5-3-7(9)4-6-8/h3-6H,2H2,1H3. The highest BCUT2D eigenvalue weighted by Crippen LogP contribution is 2.14. The van der Waals surface area contributed by atoms with Crippen LogP contribution >= 0.6 is 22.6 Å². The van der Waals surface area contributed by atoms with Gasteiger partial charge in [0.15, 0.2) is 0 Å². The predicted molar refractivity (Wildman–Crippen MR) is 58.0 cm³/mol. The molecule has 0 atom stereocenters. The van der Waals surface area contributed by atoms with Gasteiger partial charge in [0.05, 0.1) is 11.5 Å². The minimum atomic E-state index is -3.53. The molecule has 1 aromatic rings. The first kappa shape index (κ1) is 10.9. The van der Waals surface area contributed by atoms with Gasteiger partial charge in [0.1, 0.15) is 0 Å². The zero-order valence-corrected chi connectivity index (χ0v) is 10.0. The van der Waals surface area contributed by atoms with Gasteiger partial charge in [-0.3, -0.25) is 4.18 Å². The Morgan fingerprint density at radius 1 is 1.31 bits per heavy atom. The third-order valence-corrected chi connectivity index (χ3v) is 3.49. The molecule has 0 fully saturated rings. The summed E-state index contributed by atoms with van der Waals surface area (Å²) in [5.41, 5.74) is 0. The lowest BCUT2D eigenvalue weighted by Gasteiger charge is -2.02. The largest absolute Gasteiger partial charge is 0.296 e. The third-order valence-electron chi connectivity index (χ3n) is 1.38. The first-order chi connectivity index (χ1) is 6.06. The Hall–Kier alpha value is -0.140. The number of benzene rings is 1. The number of rotatable bonds is 3. The van der Waals surface area contributed by atoms with Gasteiger partial charge in [0.25, 0.3) is 10.1 Å². The molecule has 0 aromatic heterocycles. The maximum absolute atomic E-state index is 11.3. The van der Waals surface area contributed by atoms with E-state index in [-0.39, 0.29) is 11.5 Å². The summed E-state index contributed by atoms with van der Waals surface area (Å²) >= 11 is 2.11. The highest BCUT2D eigenvalue weighted by Gasteiger charge is 2.12. The van der Waals surface area contributed by atoms with Crippen LogP contribution in [0.5, 0.6) is 0 Å². The minimum Gasteiger partial charge on any atom is -0.267 e. The maximum Gasteiger partial charge on any atom is 0.296 e. The second kappa shape index (κ2) is 4.39. The molecule has 5 heteroatoms. The van der Waals surface area contributed by atoms with Gasteiger partial charge in [-0.15, -0.1) is 0 Å². The van der Waals surface area contributed by atoms with Crippen LogP contribution in [0, 0.1) is 3.57 Å². The molecule has 0 N–H and O–H groups in total. The number of hydrogen-bond acceptors (Lipinski definition) is 3. The van der Waals surface area contributed by atoms with Crippen molar-refractivity contribution in [2.75, 3.05) is 6.61 Å². The van der Waals surface area contributed by atoms with Crippen LogP contribution in [0.1, 0.15) is 6.92 Å². The number of halogens is 1. The van der Waals surface area contributed by atoms with Crippen molar-refractivity contribution >= 4 is 32.7 Å². The van der Waals surface area contributed by atoms with Crippen LogP contribution in [-0.4, -0.2) is 15.0 Å². The molecule has 1 rings (SSSR count). The Bertz CT molecular complexity index is 369. The van der Waals surface area contributed by atoms with Gasteiger partial charge >= 0.3 is 0 Å². The Morgan fingerprint density at radius 2 is 1.85 bits per heavy atom. The Labute approximate surface area is 91.4 Å². The van der Waals surface area contributed by atoms with Crippen LogP contribution in [0.15, 0.2) is 29.2 Å². The van der Waals surface area contributed by atoms with Crippen molar-refractivity contribution in [1.82, 2.24) is 0 Å². The topological polar surface area (TPSA) is 43.4 Å². The summed E-state index contributed by atoms with van der Waals surface area (Å²) in [6.07, 6.45) is 0. The summed E-state index contributed by atoms with van der Waals surface area (Å²) in [6, 6.07) is 6.53. The molecule has 0 aliphatic carbocycles. The highest BCUT2D eigenvalue weighted by molar-refractivity contribution is 14.1. The Kier molecular flexibility index (Phi) is 3.69. The molecule has 0 radical (unpaired) electrons. The monoisotopic (exact) mass is 312 g/mol. The molecule has 0 aliphatic rings. The predicted octanol–water partition coefficient (Wildman–Crippen LogP) is 2.02. The van der Waals surface area contributed by atoms with Gasteiger partial charge < -0.3 is 0 Å². The summed E-state index contributed by atoms with van der Waals surface area (Å²) in [7, 11) is -3.53. The van der Waals surface area contributed by atoms with E-state index in [0.717, 1.165) is 3.57 Å². The molecule has 3 nitrogen and oxygen atoms in total. The SMILES string of the molecule is CCOS(=O)(=O)c1ccc(I)cc1. The fraction of sp³-hybridized carbons (Fsp3) is 0.250. The fourth-order valence-electron chi connectivity index (χ4n) is 0.824. The van der Waals surface area contributed by atoms with Crippen molar-refractivity contribution in [1.29, 1.82) is 0 Å². The normalized spacial score (nSPS) is 11.5. The van der Waals surface area contributed by atoms with Gasteiger partial charge in [-0.05, 0) is 53.8 Å². The van der Waals surface area contributed by atoms with Crippen LogP contribution in [0.4, 0.5) is 0 Å². The van der Waals surface area contributed by atoms with E-state index in [1.165, 1.54) is 12.1 Å². The molecular formula is C8H9IO3S. The molecule has 0 spiro atoms. The lowest BCUT2D eigenvalue weighted by molar-refractivity contribution is 0.338. The van der Waals surface area contributed by atoms with Gasteiger partial charge in [-0.25, -0.2) is 0 Å². The van der Waals surface area contributed by atoms with E-state index < -0.39 is 10.1 Å². The maximum atomic E-state index is 11.3. The van der Waals surface area contributed by atoms with E-state index in [4.69, 9.17) is 0 Å². The molecule has 0 heterocycles. The zero-order chi connectivity index (χ0) is 9.90. The van der Waals surface area contributed by atoms with Crippen LogP contribution in [0.2, 0.25) is 0 Å². The van der Waals surface area contributed by atoms with E-state index in [2.05, 4.69) is 26.8 Å². The van der Waals surface area contributed by atoms with E-state index >= 15 is 0 Å².